The van der Waals surface area contributed by atoms with E-state index in [1.165, 1.54) is 0 Å². The first-order valence-corrected chi connectivity index (χ1v) is 5.70. The van der Waals surface area contributed by atoms with Gasteiger partial charge in [0, 0.05) is 6.26 Å². The summed E-state index contributed by atoms with van der Waals surface area (Å²) in [5.74, 6) is 0. The molecule has 0 saturated carbocycles. The average molecular weight is 228 g/mol. The molecule has 0 radical (unpaired) electrons. The number of hydrogen-bond acceptors (Lipinski definition) is 7. The van der Waals surface area contributed by atoms with Gasteiger partial charge in [0.15, 0.2) is 6.10 Å². The zero-order chi connectivity index (χ0) is 11.1. The first-order valence-electron chi connectivity index (χ1n) is 3.81. The average Bonchev–Trinajstić information content (AvgIpc) is 2.29. The third-order valence-electron chi connectivity index (χ3n) is 2.11. The van der Waals surface area contributed by atoms with Crippen LogP contribution in [0.15, 0.2) is 0 Å². The molecule has 14 heavy (non-hydrogen) atoms. The van der Waals surface area contributed by atoms with Crippen molar-refractivity contribution >= 4 is 9.84 Å². The molecule has 7 nitrogen and oxygen atoms in total. The highest BCUT2D eigenvalue weighted by Crippen LogP contribution is 2.32. The Balaban J connectivity index is 3.06. The van der Waals surface area contributed by atoms with Crippen LogP contribution in [0, 0.1) is 0 Å². The van der Waals surface area contributed by atoms with Crippen molar-refractivity contribution in [1.29, 1.82) is 0 Å². The zero-order valence-electron chi connectivity index (χ0n) is 7.36. The first kappa shape index (κ1) is 11.8. The maximum atomic E-state index is 11.0. The third-order valence-corrected chi connectivity index (χ3v) is 3.51. The smallest absolute Gasteiger partial charge is 0.301 e. The van der Waals surface area contributed by atoms with E-state index >= 15 is 0 Å². The van der Waals surface area contributed by atoms with Crippen molar-refractivity contribution in [3.05, 3.63) is 0 Å². The van der Waals surface area contributed by atoms with Gasteiger partial charge in [-0.1, -0.05) is 0 Å². The Morgan fingerprint density at radius 1 is 1.43 bits per heavy atom. The molecule has 1 aliphatic heterocycles. The highest BCUT2D eigenvalue weighted by molar-refractivity contribution is 7.91. The summed E-state index contributed by atoms with van der Waals surface area (Å²) in [5.41, 5.74) is 0. The first-order chi connectivity index (χ1) is 6.24. The Labute approximate surface area is 80.5 Å². The normalized spacial score (nSPS) is 44.2. The standard InChI is InChI=1S/C6H12O7S/c1-14(11,12)6(10)5(9)4(8)3(2-7)13-6/h3-5,7-10H,2H2,1H3/t3-,4+,5-,6?/m1/s1. The maximum Gasteiger partial charge on any atom is 0.301 e. The Bertz CT molecular complexity index is 312. The lowest BCUT2D eigenvalue weighted by atomic mass is 10.1. The molecule has 1 heterocycles. The number of ether oxygens (including phenoxy) is 1. The van der Waals surface area contributed by atoms with E-state index in [-0.39, 0.29) is 0 Å². The number of sulfone groups is 1. The van der Waals surface area contributed by atoms with E-state index in [1.807, 2.05) is 0 Å². The van der Waals surface area contributed by atoms with Crippen LogP contribution >= 0.6 is 0 Å². The van der Waals surface area contributed by atoms with Crippen molar-refractivity contribution in [1.82, 2.24) is 0 Å². The van der Waals surface area contributed by atoms with Crippen molar-refractivity contribution < 1.29 is 33.6 Å². The maximum absolute atomic E-state index is 11.0. The summed E-state index contributed by atoms with van der Waals surface area (Å²) in [6, 6.07) is 0. The molecule has 1 fully saturated rings. The van der Waals surface area contributed by atoms with Gasteiger partial charge < -0.3 is 25.2 Å². The Morgan fingerprint density at radius 3 is 2.14 bits per heavy atom. The van der Waals surface area contributed by atoms with Crippen LogP contribution in [0.5, 0.6) is 0 Å². The molecule has 0 aromatic carbocycles. The van der Waals surface area contributed by atoms with Crippen LogP contribution in [0.3, 0.4) is 0 Å². The van der Waals surface area contributed by atoms with Gasteiger partial charge in [-0.2, -0.15) is 0 Å². The Kier molecular flexibility index (Phi) is 2.87. The molecular formula is C6H12O7S. The van der Waals surface area contributed by atoms with E-state index in [4.69, 9.17) is 5.11 Å². The summed E-state index contributed by atoms with van der Waals surface area (Å²) >= 11 is 0. The minimum absolute atomic E-state index is 0.655. The molecule has 1 rings (SSSR count). The summed E-state index contributed by atoms with van der Waals surface area (Å²) < 4.78 is 26.6. The lowest BCUT2D eigenvalue weighted by Gasteiger charge is -2.23. The van der Waals surface area contributed by atoms with E-state index in [0.29, 0.717) is 6.26 Å². The van der Waals surface area contributed by atoms with Crippen LogP contribution in [-0.2, 0) is 14.6 Å². The van der Waals surface area contributed by atoms with Crippen molar-refractivity contribution in [3.8, 4) is 0 Å². The lowest BCUT2D eigenvalue weighted by molar-refractivity contribution is -0.168. The highest BCUT2D eigenvalue weighted by Gasteiger charge is 2.59. The number of rotatable bonds is 2. The second-order valence-corrected chi connectivity index (χ2v) is 5.31. The molecule has 0 aromatic rings. The van der Waals surface area contributed by atoms with Crippen molar-refractivity contribution in [3.63, 3.8) is 0 Å². The predicted molar refractivity (Wildman–Crippen MR) is 43.8 cm³/mol. The molecule has 4 atom stereocenters. The molecule has 84 valence electrons. The van der Waals surface area contributed by atoms with E-state index in [2.05, 4.69) is 4.74 Å². The van der Waals surface area contributed by atoms with Gasteiger partial charge in [0.1, 0.15) is 12.2 Å². The van der Waals surface area contributed by atoms with Crippen LogP contribution in [0.2, 0.25) is 0 Å². The number of aliphatic hydroxyl groups excluding tert-OH is 3. The highest BCUT2D eigenvalue weighted by atomic mass is 32.2. The van der Waals surface area contributed by atoms with Gasteiger partial charge >= 0.3 is 5.12 Å². The molecular weight excluding hydrogens is 216 g/mol. The third kappa shape index (κ3) is 1.53. The molecule has 0 bridgehead atoms. The second-order valence-electron chi connectivity index (χ2n) is 3.18. The van der Waals surface area contributed by atoms with E-state index in [0.717, 1.165) is 0 Å². The van der Waals surface area contributed by atoms with Crippen LogP contribution in [0.1, 0.15) is 0 Å². The van der Waals surface area contributed by atoms with Gasteiger partial charge in [0.2, 0.25) is 9.84 Å². The van der Waals surface area contributed by atoms with Gasteiger partial charge in [0.05, 0.1) is 6.61 Å². The van der Waals surface area contributed by atoms with Gasteiger partial charge in [-0.25, -0.2) is 8.42 Å². The molecule has 1 aliphatic rings. The molecule has 8 heteroatoms. The molecule has 0 spiro atoms. The van der Waals surface area contributed by atoms with Crippen molar-refractivity contribution in [2.45, 2.75) is 23.4 Å². The van der Waals surface area contributed by atoms with Crippen molar-refractivity contribution in [2.24, 2.45) is 0 Å². The van der Waals surface area contributed by atoms with Crippen LogP contribution in [-0.4, -0.2) is 65.1 Å². The van der Waals surface area contributed by atoms with Crippen LogP contribution in [0.4, 0.5) is 0 Å². The largest absolute Gasteiger partial charge is 0.394 e. The topological polar surface area (TPSA) is 124 Å². The summed E-state index contributed by atoms with van der Waals surface area (Å²) in [5, 5.41) is 33.7. The summed E-state index contributed by atoms with van der Waals surface area (Å²) in [6.45, 7) is -0.698. The molecule has 0 amide bonds. The minimum Gasteiger partial charge on any atom is -0.394 e. The zero-order valence-corrected chi connectivity index (χ0v) is 8.18. The molecule has 4 N–H and O–H groups in total. The monoisotopic (exact) mass is 228 g/mol. The predicted octanol–water partition coefficient (Wildman–Crippen LogP) is -3.21. The molecule has 1 unspecified atom stereocenters. The molecule has 0 aromatic heterocycles. The summed E-state index contributed by atoms with van der Waals surface area (Å²) in [6.07, 6.45) is -4.29. The second kappa shape index (κ2) is 3.40. The summed E-state index contributed by atoms with van der Waals surface area (Å²) in [7, 11) is -4.11. The fourth-order valence-corrected chi connectivity index (χ4v) is 2.10. The SMILES string of the molecule is CS(=O)(=O)C1(O)O[C@H](CO)[C@H](O)[C@H]1O. The number of aliphatic hydroxyl groups is 4. The lowest BCUT2D eigenvalue weighted by Crippen LogP contribution is -2.49. The van der Waals surface area contributed by atoms with Crippen LogP contribution in [0.25, 0.3) is 0 Å². The minimum atomic E-state index is -4.11. The van der Waals surface area contributed by atoms with Crippen LogP contribution < -0.4 is 0 Å². The van der Waals surface area contributed by atoms with Gasteiger partial charge in [-0.05, 0) is 0 Å². The molecule has 1 saturated heterocycles. The fraction of sp³-hybridized carbons (Fsp3) is 1.00. The molecule has 0 aliphatic carbocycles. The van der Waals surface area contributed by atoms with E-state index in [9.17, 15) is 23.7 Å². The fourth-order valence-electron chi connectivity index (χ4n) is 1.23. The van der Waals surface area contributed by atoms with Gasteiger partial charge in [-0.3, -0.25) is 0 Å². The quantitative estimate of drug-likeness (QED) is 0.392. The van der Waals surface area contributed by atoms with E-state index < -0.39 is 39.9 Å². The van der Waals surface area contributed by atoms with Gasteiger partial charge in [-0.15, -0.1) is 0 Å². The van der Waals surface area contributed by atoms with Crippen molar-refractivity contribution in [2.75, 3.05) is 12.9 Å². The Hall–Kier alpha value is -0.250. The Morgan fingerprint density at radius 2 is 1.93 bits per heavy atom. The van der Waals surface area contributed by atoms with E-state index in [1.54, 1.807) is 0 Å². The number of hydrogen-bond donors (Lipinski definition) is 4. The summed E-state index contributed by atoms with van der Waals surface area (Å²) in [4.78, 5) is 0. The van der Waals surface area contributed by atoms with Gasteiger partial charge in [0.25, 0.3) is 0 Å².